The maximum Gasteiger partial charge on any atom is 0.188 e. The van der Waals surface area contributed by atoms with Gasteiger partial charge in [-0.15, -0.1) is 0 Å². The highest BCUT2D eigenvalue weighted by atomic mass is 16.5. The topological polar surface area (TPSA) is 77.8 Å². The smallest absolute Gasteiger partial charge is 0.188 e. The van der Waals surface area contributed by atoms with Crippen molar-refractivity contribution in [3.63, 3.8) is 0 Å². The van der Waals surface area contributed by atoms with E-state index < -0.39 is 12.4 Å². The van der Waals surface area contributed by atoms with Crippen molar-refractivity contribution in [2.24, 2.45) is 0 Å². The Morgan fingerprint density at radius 1 is 1.28 bits per heavy atom. The molecule has 1 aliphatic rings. The largest absolute Gasteiger partial charge is 0.388 e. The maximum absolute atomic E-state index is 11.6. The number of Topliss-reactive ketones (excluding diaryl/α,β-unsaturated/α-hetero) is 1. The summed E-state index contributed by atoms with van der Waals surface area (Å²) in [5.74, 6) is -2.18. The van der Waals surface area contributed by atoms with Crippen LogP contribution >= 0.6 is 0 Å². The molecular weight excluding hydrogens is 232 g/mol. The molecule has 0 unspecified atom stereocenters. The molecule has 0 bridgehead atoms. The fraction of sp³-hybridized carbons (Fsp3) is 0.214. The Labute approximate surface area is 105 Å². The van der Waals surface area contributed by atoms with Gasteiger partial charge in [0.1, 0.15) is 6.61 Å². The number of allylic oxidation sites excluding steroid dienone is 2. The molecule has 0 fully saturated rings. The summed E-state index contributed by atoms with van der Waals surface area (Å²) >= 11 is 0. The molecule has 0 spiro atoms. The summed E-state index contributed by atoms with van der Waals surface area (Å²) in [6.07, 6.45) is 4.57. The first kappa shape index (κ1) is 12.7. The van der Waals surface area contributed by atoms with Gasteiger partial charge in [0.15, 0.2) is 11.6 Å². The quantitative estimate of drug-likeness (QED) is 0.546. The average molecular weight is 246 g/mol. The summed E-state index contributed by atoms with van der Waals surface area (Å²) in [6.45, 7) is -0.544. The molecule has 0 atom stereocenters. The SMILES string of the molecule is O=C(CO)c1ccccc1C1=CCC(O)(O)C=C1. The van der Waals surface area contributed by atoms with Gasteiger partial charge in [-0.3, -0.25) is 4.79 Å². The lowest BCUT2D eigenvalue weighted by Crippen LogP contribution is -2.25. The normalized spacial score (nSPS) is 17.4. The molecule has 1 aromatic rings. The van der Waals surface area contributed by atoms with Crippen molar-refractivity contribution in [1.82, 2.24) is 0 Å². The highest BCUT2D eigenvalue weighted by Gasteiger charge is 2.22. The first-order chi connectivity index (χ1) is 8.53. The molecule has 4 heteroatoms. The Morgan fingerprint density at radius 2 is 2.00 bits per heavy atom. The molecule has 4 nitrogen and oxygen atoms in total. The molecule has 0 radical (unpaired) electrons. The number of rotatable bonds is 3. The number of hydrogen-bond acceptors (Lipinski definition) is 4. The first-order valence-corrected chi connectivity index (χ1v) is 5.61. The third kappa shape index (κ3) is 2.56. The van der Waals surface area contributed by atoms with Crippen LogP contribution in [0.3, 0.4) is 0 Å². The van der Waals surface area contributed by atoms with Crippen LogP contribution in [0.5, 0.6) is 0 Å². The predicted octanol–water partition coefficient (Wildman–Crippen LogP) is 0.886. The summed E-state index contributed by atoms with van der Waals surface area (Å²) in [5, 5.41) is 27.7. The van der Waals surface area contributed by atoms with Crippen molar-refractivity contribution in [2.75, 3.05) is 6.61 Å². The van der Waals surface area contributed by atoms with Crippen LogP contribution < -0.4 is 0 Å². The fourth-order valence-corrected chi connectivity index (χ4v) is 1.88. The summed E-state index contributed by atoms with van der Waals surface area (Å²) in [4.78, 5) is 11.6. The van der Waals surface area contributed by atoms with Crippen molar-refractivity contribution >= 4 is 11.4 Å². The molecule has 0 heterocycles. The highest BCUT2D eigenvalue weighted by Crippen LogP contribution is 2.27. The lowest BCUT2D eigenvalue weighted by Gasteiger charge is -2.20. The number of hydrogen-bond donors (Lipinski definition) is 3. The molecular formula is C14H14O4. The summed E-state index contributed by atoms with van der Waals surface area (Å²) in [5.41, 5.74) is 1.86. The van der Waals surface area contributed by atoms with Gasteiger partial charge in [0.25, 0.3) is 0 Å². The molecule has 2 rings (SSSR count). The van der Waals surface area contributed by atoms with Crippen LogP contribution in [0.1, 0.15) is 22.3 Å². The van der Waals surface area contributed by atoms with Gasteiger partial charge in [0, 0.05) is 12.0 Å². The van der Waals surface area contributed by atoms with Crippen LogP contribution in [0.2, 0.25) is 0 Å². The first-order valence-electron chi connectivity index (χ1n) is 5.61. The van der Waals surface area contributed by atoms with E-state index in [4.69, 9.17) is 5.11 Å². The Balaban J connectivity index is 2.39. The van der Waals surface area contributed by atoms with E-state index in [1.165, 1.54) is 6.08 Å². The van der Waals surface area contributed by atoms with Gasteiger partial charge in [-0.1, -0.05) is 36.4 Å². The van der Waals surface area contributed by atoms with Crippen molar-refractivity contribution in [3.05, 3.63) is 53.6 Å². The minimum Gasteiger partial charge on any atom is -0.388 e. The number of aliphatic hydroxyl groups is 3. The Morgan fingerprint density at radius 3 is 2.61 bits per heavy atom. The van der Waals surface area contributed by atoms with E-state index in [2.05, 4.69) is 0 Å². The van der Waals surface area contributed by atoms with Crippen LogP contribution in [0.15, 0.2) is 42.5 Å². The van der Waals surface area contributed by atoms with E-state index in [1.54, 1.807) is 36.4 Å². The summed E-state index contributed by atoms with van der Waals surface area (Å²) < 4.78 is 0. The molecule has 0 aromatic heterocycles. The molecule has 94 valence electrons. The number of ketones is 1. The number of benzene rings is 1. The van der Waals surface area contributed by atoms with Gasteiger partial charge in [-0.05, 0) is 17.2 Å². The highest BCUT2D eigenvalue weighted by molar-refractivity contribution is 6.02. The molecule has 0 saturated carbocycles. The van der Waals surface area contributed by atoms with Crippen molar-refractivity contribution in [2.45, 2.75) is 12.2 Å². The molecule has 0 aliphatic heterocycles. The molecule has 1 aliphatic carbocycles. The zero-order chi connectivity index (χ0) is 13.2. The van der Waals surface area contributed by atoms with Gasteiger partial charge in [-0.2, -0.15) is 0 Å². The second-order valence-corrected chi connectivity index (χ2v) is 4.20. The Kier molecular flexibility index (Phi) is 3.43. The predicted molar refractivity (Wildman–Crippen MR) is 66.8 cm³/mol. The third-order valence-electron chi connectivity index (χ3n) is 2.83. The van der Waals surface area contributed by atoms with Crippen LogP contribution in [-0.2, 0) is 0 Å². The van der Waals surface area contributed by atoms with Gasteiger partial charge in [-0.25, -0.2) is 0 Å². The number of aliphatic hydroxyl groups excluding tert-OH is 1. The van der Waals surface area contributed by atoms with E-state index in [9.17, 15) is 15.0 Å². The monoisotopic (exact) mass is 246 g/mol. The molecule has 3 N–H and O–H groups in total. The van der Waals surface area contributed by atoms with E-state index in [-0.39, 0.29) is 12.2 Å². The molecule has 1 aromatic carbocycles. The maximum atomic E-state index is 11.6. The van der Waals surface area contributed by atoms with Gasteiger partial charge in [0.05, 0.1) is 0 Å². The number of carbonyl (C=O) groups excluding carboxylic acids is 1. The van der Waals surface area contributed by atoms with Crippen LogP contribution in [0.25, 0.3) is 5.57 Å². The van der Waals surface area contributed by atoms with Crippen LogP contribution in [0.4, 0.5) is 0 Å². The Hall–Kier alpha value is -1.75. The van der Waals surface area contributed by atoms with Crippen LogP contribution in [0, 0.1) is 0 Å². The second-order valence-electron chi connectivity index (χ2n) is 4.20. The minimum absolute atomic E-state index is 0.0699. The lowest BCUT2D eigenvalue weighted by atomic mass is 9.92. The van der Waals surface area contributed by atoms with Gasteiger partial charge < -0.3 is 15.3 Å². The van der Waals surface area contributed by atoms with E-state index in [1.807, 2.05) is 0 Å². The van der Waals surface area contributed by atoms with E-state index in [0.29, 0.717) is 11.1 Å². The average Bonchev–Trinajstić information content (AvgIpc) is 2.38. The standard InChI is InChI=1S/C14H14O4/c15-9-13(16)12-4-2-1-3-11(12)10-5-7-14(17,18)8-6-10/h1-7,15,17-18H,8-9H2. The summed E-state index contributed by atoms with van der Waals surface area (Å²) in [6, 6.07) is 6.92. The van der Waals surface area contributed by atoms with E-state index >= 15 is 0 Å². The molecule has 0 saturated heterocycles. The minimum atomic E-state index is -1.82. The second kappa shape index (κ2) is 4.86. The zero-order valence-corrected chi connectivity index (χ0v) is 9.71. The molecule has 18 heavy (non-hydrogen) atoms. The van der Waals surface area contributed by atoms with Crippen LogP contribution in [-0.4, -0.2) is 33.5 Å². The lowest BCUT2D eigenvalue weighted by molar-refractivity contribution is -0.114. The van der Waals surface area contributed by atoms with Gasteiger partial charge in [0.2, 0.25) is 0 Å². The Bertz CT molecular complexity index is 526. The zero-order valence-electron chi connectivity index (χ0n) is 9.71. The number of carbonyl (C=O) groups is 1. The van der Waals surface area contributed by atoms with Crippen molar-refractivity contribution < 1.29 is 20.1 Å². The fourth-order valence-electron chi connectivity index (χ4n) is 1.88. The van der Waals surface area contributed by atoms with Crippen molar-refractivity contribution in [3.8, 4) is 0 Å². The van der Waals surface area contributed by atoms with Gasteiger partial charge >= 0.3 is 0 Å². The molecule has 0 amide bonds. The third-order valence-corrected chi connectivity index (χ3v) is 2.83. The van der Waals surface area contributed by atoms with E-state index in [0.717, 1.165) is 5.57 Å². The van der Waals surface area contributed by atoms with Crippen molar-refractivity contribution in [1.29, 1.82) is 0 Å². The summed E-state index contributed by atoms with van der Waals surface area (Å²) in [7, 11) is 0.